The average Bonchev–Trinajstić information content (AvgIpc) is 2.49. The Balaban J connectivity index is 2.40. The number of aromatic nitrogens is 1. The van der Waals surface area contributed by atoms with Crippen LogP contribution in [0.4, 0.5) is 0 Å². The number of pyridine rings is 1. The molecule has 0 saturated carbocycles. The standard InChI is InChI=1S/C16H28N4/c1-4-14(5-2)13-20-16(17-6-3)19-12-10-15-9-7-8-11-18-15/h7-9,11,14H,4-6,10,12-13H2,1-3H3,(H2,17,19,20). The molecule has 1 rings (SSSR count). The minimum atomic E-state index is 0.682. The van der Waals surface area contributed by atoms with Gasteiger partial charge in [0.1, 0.15) is 0 Å². The maximum Gasteiger partial charge on any atom is 0.191 e. The summed E-state index contributed by atoms with van der Waals surface area (Å²) in [5.74, 6) is 1.59. The molecule has 0 spiro atoms. The molecular weight excluding hydrogens is 248 g/mol. The zero-order valence-corrected chi connectivity index (χ0v) is 13.0. The van der Waals surface area contributed by atoms with Crippen molar-refractivity contribution in [3.05, 3.63) is 30.1 Å². The van der Waals surface area contributed by atoms with Gasteiger partial charge in [-0.2, -0.15) is 0 Å². The molecule has 112 valence electrons. The summed E-state index contributed by atoms with van der Waals surface area (Å²) in [6.07, 6.45) is 5.12. The number of aliphatic imine (C=N–C) groups is 1. The normalized spacial score (nSPS) is 11.7. The van der Waals surface area contributed by atoms with Crippen LogP contribution in [0.1, 0.15) is 39.3 Å². The maximum absolute atomic E-state index is 4.66. The van der Waals surface area contributed by atoms with Gasteiger partial charge in [0.05, 0.1) is 0 Å². The molecule has 0 aliphatic carbocycles. The molecule has 0 bridgehead atoms. The summed E-state index contributed by atoms with van der Waals surface area (Å²) in [5.41, 5.74) is 1.11. The van der Waals surface area contributed by atoms with Gasteiger partial charge in [0, 0.05) is 37.9 Å². The molecule has 4 nitrogen and oxygen atoms in total. The second kappa shape index (κ2) is 10.2. The fourth-order valence-corrected chi connectivity index (χ4v) is 1.96. The van der Waals surface area contributed by atoms with Crippen molar-refractivity contribution < 1.29 is 0 Å². The SMILES string of the molecule is CCNC(=NCC(CC)CC)NCCc1ccccn1. The van der Waals surface area contributed by atoms with E-state index >= 15 is 0 Å². The second-order valence-electron chi connectivity index (χ2n) is 4.90. The Morgan fingerprint density at radius 1 is 1.20 bits per heavy atom. The largest absolute Gasteiger partial charge is 0.357 e. The van der Waals surface area contributed by atoms with Crippen molar-refractivity contribution in [3.63, 3.8) is 0 Å². The first-order chi connectivity index (χ1) is 9.80. The zero-order chi connectivity index (χ0) is 14.6. The fraction of sp³-hybridized carbons (Fsp3) is 0.625. The second-order valence-corrected chi connectivity index (χ2v) is 4.90. The highest BCUT2D eigenvalue weighted by Crippen LogP contribution is 2.07. The monoisotopic (exact) mass is 276 g/mol. The first kappa shape index (κ1) is 16.5. The van der Waals surface area contributed by atoms with E-state index in [1.54, 1.807) is 0 Å². The summed E-state index contributed by atoms with van der Waals surface area (Å²) in [5, 5.41) is 6.66. The predicted molar refractivity (Wildman–Crippen MR) is 86.0 cm³/mol. The van der Waals surface area contributed by atoms with Gasteiger partial charge in [0.25, 0.3) is 0 Å². The van der Waals surface area contributed by atoms with Crippen LogP contribution in [-0.4, -0.2) is 30.6 Å². The van der Waals surface area contributed by atoms with Gasteiger partial charge < -0.3 is 10.6 Å². The molecule has 0 aliphatic heterocycles. The first-order valence-corrected chi connectivity index (χ1v) is 7.72. The third kappa shape index (κ3) is 6.55. The van der Waals surface area contributed by atoms with E-state index in [1.165, 1.54) is 12.8 Å². The van der Waals surface area contributed by atoms with E-state index in [4.69, 9.17) is 0 Å². The molecule has 20 heavy (non-hydrogen) atoms. The van der Waals surface area contributed by atoms with Crippen LogP contribution in [0.3, 0.4) is 0 Å². The average molecular weight is 276 g/mol. The first-order valence-electron chi connectivity index (χ1n) is 7.72. The topological polar surface area (TPSA) is 49.3 Å². The Bertz CT molecular complexity index is 371. The Morgan fingerprint density at radius 3 is 2.60 bits per heavy atom. The minimum absolute atomic E-state index is 0.682. The molecule has 0 atom stereocenters. The van der Waals surface area contributed by atoms with Crippen LogP contribution in [0.5, 0.6) is 0 Å². The Kier molecular flexibility index (Phi) is 8.43. The summed E-state index contributed by atoms with van der Waals surface area (Å²) in [4.78, 5) is 8.98. The lowest BCUT2D eigenvalue weighted by Gasteiger charge is -2.13. The van der Waals surface area contributed by atoms with E-state index in [0.29, 0.717) is 5.92 Å². The maximum atomic E-state index is 4.66. The third-order valence-electron chi connectivity index (χ3n) is 3.41. The zero-order valence-electron chi connectivity index (χ0n) is 13.0. The fourth-order valence-electron chi connectivity index (χ4n) is 1.96. The molecule has 0 aromatic carbocycles. The van der Waals surface area contributed by atoms with Crippen molar-refractivity contribution in [2.45, 2.75) is 40.0 Å². The predicted octanol–water partition coefficient (Wildman–Crippen LogP) is 2.62. The Labute approximate surface area is 123 Å². The highest BCUT2D eigenvalue weighted by Gasteiger charge is 2.03. The van der Waals surface area contributed by atoms with Crippen LogP contribution in [0.15, 0.2) is 29.4 Å². The van der Waals surface area contributed by atoms with Crippen LogP contribution < -0.4 is 10.6 Å². The van der Waals surface area contributed by atoms with Gasteiger partial charge in [-0.15, -0.1) is 0 Å². The molecular formula is C16H28N4. The van der Waals surface area contributed by atoms with Gasteiger partial charge in [-0.05, 0) is 25.0 Å². The Morgan fingerprint density at radius 2 is 2.00 bits per heavy atom. The number of guanidine groups is 1. The quantitative estimate of drug-likeness (QED) is 0.567. The van der Waals surface area contributed by atoms with Gasteiger partial charge in [-0.1, -0.05) is 32.8 Å². The van der Waals surface area contributed by atoms with Crippen LogP contribution in [0.25, 0.3) is 0 Å². The van der Waals surface area contributed by atoms with Gasteiger partial charge in [0.2, 0.25) is 0 Å². The lowest BCUT2D eigenvalue weighted by Crippen LogP contribution is -2.38. The molecule has 2 N–H and O–H groups in total. The minimum Gasteiger partial charge on any atom is -0.357 e. The van der Waals surface area contributed by atoms with Crippen molar-refractivity contribution in [2.24, 2.45) is 10.9 Å². The van der Waals surface area contributed by atoms with Crippen molar-refractivity contribution >= 4 is 5.96 Å². The molecule has 0 aliphatic rings. The smallest absolute Gasteiger partial charge is 0.191 e. The van der Waals surface area contributed by atoms with E-state index in [2.05, 4.69) is 47.4 Å². The van der Waals surface area contributed by atoms with E-state index in [9.17, 15) is 0 Å². The van der Waals surface area contributed by atoms with Gasteiger partial charge >= 0.3 is 0 Å². The van der Waals surface area contributed by atoms with Gasteiger partial charge in [0.15, 0.2) is 5.96 Å². The molecule has 1 aromatic rings. The van der Waals surface area contributed by atoms with E-state index in [-0.39, 0.29) is 0 Å². The highest BCUT2D eigenvalue weighted by molar-refractivity contribution is 5.79. The molecule has 0 radical (unpaired) electrons. The third-order valence-corrected chi connectivity index (χ3v) is 3.41. The number of hydrogen-bond acceptors (Lipinski definition) is 2. The summed E-state index contributed by atoms with van der Waals surface area (Å²) < 4.78 is 0. The molecule has 1 heterocycles. The van der Waals surface area contributed by atoms with Crippen LogP contribution in [0, 0.1) is 5.92 Å². The summed E-state index contributed by atoms with van der Waals surface area (Å²) in [6.45, 7) is 9.18. The van der Waals surface area contributed by atoms with Crippen molar-refractivity contribution in [3.8, 4) is 0 Å². The van der Waals surface area contributed by atoms with E-state index < -0.39 is 0 Å². The molecule has 1 aromatic heterocycles. The molecule has 0 unspecified atom stereocenters. The number of hydrogen-bond donors (Lipinski definition) is 2. The van der Waals surface area contributed by atoms with Gasteiger partial charge in [-0.3, -0.25) is 9.98 Å². The molecule has 0 fully saturated rings. The van der Waals surface area contributed by atoms with E-state index in [0.717, 1.165) is 37.7 Å². The van der Waals surface area contributed by atoms with E-state index in [1.807, 2.05) is 18.3 Å². The summed E-state index contributed by atoms with van der Waals surface area (Å²) >= 11 is 0. The van der Waals surface area contributed by atoms with Crippen molar-refractivity contribution in [1.82, 2.24) is 15.6 Å². The van der Waals surface area contributed by atoms with Gasteiger partial charge in [-0.25, -0.2) is 0 Å². The molecule has 0 amide bonds. The lowest BCUT2D eigenvalue weighted by molar-refractivity contribution is 0.504. The van der Waals surface area contributed by atoms with Crippen LogP contribution in [-0.2, 0) is 6.42 Å². The molecule has 4 heteroatoms. The highest BCUT2D eigenvalue weighted by atomic mass is 15.2. The summed E-state index contributed by atoms with van der Waals surface area (Å²) in [6, 6.07) is 6.02. The van der Waals surface area contributed by atoms with Crippen LogP contribution in [0.2, 0.25) is 0 Å². The Hall–Kier alpha value is -1.58. The lowest BCUT2D eigenvalue weighted by atomic mass is 10.0. The van der Waals surface area contributed by atoms with Crippen molar-refractivity contribution in [1.29, 1.82) is 0 Å². The van der Waals surface area contributed by atoms with Crippen LogP contribution >= 0.6 is 0 Å². The number of nitrogens with one attached hydrogen (secondary N) is 2. The number of rotatable bonds is 8. The summed E-state index contributed by atoms with van der Waals surface area (Å²) in [7, 11) is 0. The number of nitrogens with zero attached hydrogens (tertiary/aromatic N) is 2. The molecule has 0 saturated heterocycles. The van der Waals surface area contributed by atoms with Crippen molar-refractivity contribution in [2.75, 3.05) is 19.6 Å².